The van der Waals surface area contributed by atoms with Gasteiger partial charge < -0.3 is 14.6 Å². The number of rotatable bonds is 6. The number of aryl methyl sites for hydroxylation is 3. The Morgan fingerprint density at radius 1 is 1.13 bits per heavy atom. The van der Waals surface area contributed by atoms with E-state index in [2.05, 4.69) is 71.8 Å². The SMILES string of the molecule is CC[C@H](C)CCc1nc2c(c(N3CCOc4ccc(-c5cnc6nc(C)[nH]c6c5)cc4C3)n1)CC(C)(C)CC2. The lowest BCUT2D eigenvalue weighted by Gasteiger charge is -2.34. The van der Waals surface area contributed by atoms with E-state index in [-0.39, 0.29) is 5.41 Å². The fourth-order valence-electron chi connectivity index (χ4n) is 5.86. The molecule has 2 aliphatic rings. The zero-order chi connectivity index (χ0) is 27.1. The lowest BCUT2D eigenvalue weighted by Crippen LogP contribution is -2.32. The third kappa shape index (κ3) is 5.36. The summed E-state index contributed by atoms with van der Waals surface area (Å²) in [4.78, 5) is 25.1. The Morgan fingerprint density at radius 2 is 2.00 bits per heavy atom. The van der Waals surface area contributed by atoms with Crippen LogP contribution in [0, 0.1) is 18.3 Å². The molecule has 1 N–H and O–H groups in total. The van der Waals surface area contributed by atoms with Crippen molar-refractivity contribution in [2.24, 2.45) is 11.3 Å². The van der Waals surface area contributed by atoms with Crippen molar-refractivity contribution in [3.8, 4) is 16.9 Å². The first-order chi connectivity index (χ1) is 18.8. The summed E-state index contributed by atoms with van der Waals surface area (Å²) in [5.74, 6) is 4.62. The van der Waals surface area contributed by atoms with Crippen LogP contribution in [0.5, 0.6) is 5.75 Å². The second-order valence-corrected chi connectivity index (χ2v) is 12.3. The second kappa shape index (κ2) is 10.2. The summed E-state index contributed by atoms with van der Waals surface area (Å²) in [6.45, 7) is 13.5. The minimum absolute atomic E-state index is 0.257. The van der Waals surface area contributed by atoms with Crippen molar-refractivity contribution >= 4 is 17.0 Å². The van der Waals surface area contributed by atoms with Crippen LogP contribution in [0.4, 0.5) is 5.82 Å². The van der Waals surface area contributed by atoms with Crippen LogP contribution in [-0.2, 0) is 25.8 Å². The number of hydrogen-bond acceptors (Lipinski definition) is 6. The highest BCUT2D eigenvalue weighted by Gasteiger charge is 2.31. The molecule has 0 unspecified atom stereocenters. The van der Waals surface area contributed by atoms with Crippen molar-refractivity contribution in [3.05, 3.63) is 58.9 Å². The highest BCUT2D eigenvalue weighted by atomic mass is 16.5. The Bertz CT molecular complexity index is 1510. The zero-order valence-corrected chi connectivity index (χ0v) is 24.0. The molecule has 0 saturated heterocycles. The number of H-pyrrole nitrogens is 1. The van der Waals surface area contributed by atoms with Gasteiger partial charge in [0.2, 0.25) is 0 Å². The Balaban J connectivity index is 1.35. The number of aromatic nitrogens is 5. The molecule has 1 aliphatic heterocycles. The van der Waals surface area contributed by atoms with Gasteiger partial charge in [0, 0.05) is 41.5 Å². The summed E-state index contributed by atoms with van der Waals surface area (Å²) >= 11 is 0. The molecule has 4 aromatic rings. The topological polar surface area (TPSA) is 79.8 Å². The molecule has 1 aromatic carbocycles. The first-order valence-corrected chi connectivity index (χ1v) is 14.5. The van der Waals surface area contributed by atoms with E-state index in [1.165, 1.54) is 29.7 Å². The zero-order valence-electron chi connectivity index (χ0n) is 24.0. The van der Waals surface area contributed by atoms with Crippen molar-refractivity contribution in [2.45, 2.75) is 79.7 Å². The van der Waals surface area contributed by atoms with Gasteiger partial charge in [-0.15, -0.1) is 0 Å². The molecule has 7 nitrogen and oxygen atoms in total. The molecular formula is C32H40N6O. The van der Waals surface area contributed by atoms with E-state index >= 15 is 0 Å². The van der Waals surface area contributed by atoms with Crippen LogP contribution in [0.1, 0.15) is 75.4 Å². The summed E-state index contributed by atoms with van der Waals surface area (Å²) in [7, 11) is 0. The lowest BCUT2D eigenvalue weighted by molar-refractivity contribution is 0.310. The average Bonchev–Trinajstić information content (AvgIpc) is 3.16. The van der Waals surface area contributed by atoms with Gasteiger partial charge in [-0.25, -0.2) is 19.9 Å². The van der Waals surface area contributed by atoms with Crippen molar-refractivity contribution in [3.63, 3.8) is 0 Å². The summed E-state index contributed by atoms with van der Waals surface area (Å²) in [6, 6.07) is 8.61. The number of anilines is 1. The molecule has 4 heterocycles. The molecule has 0 fully saturated rings. The van der Waals surface area contributed by atoms with Crippen LogP contribution >= 0.6 is 0 Å². The van der Waals surface area contributed by atoms with E-state index < -0.39 is 0 Å². The Morgan fingerprint density at radius 3 is 2.85 bits per heavy atom. The predicted octanol–water partition coefficient (Wildman–Crippen LogP) is 6.62. The summed E-state index contributed by atoms with van der Waals surface area (Å²) in [5.41, 5.74) is 7.93. The maximum absolute atomic E-state index is 6.26. The number of hydrogen-bond donors (Lipinski definition) is 1. The Kier molecular flexibility index (Phi) is 6.77. The van der Waals surface area contributed by atoms with Gasteiger partial charge in [0.1, 0.15) is 29.8 Å². The van der Waals surface area contributed by atoms with Crippen LogP contribution in [0.25, 0.3) is 22.3 Å². The van der Waals surface area contributed by atoms with Crippen molar-refractivity contribution < 1.29 is 4.74 Å². The summed E-state index contributed by atoms with van der Waals surface area (Å²) in [5, 5.41) is 0. The monoisotopic (exact) mass is 524 g/mol. The third-order valence-corrected chi connectivity index (χ3v) is 8.50. The molecule has 1 atom stereocenters. The number of nitrogens with one attached hydrogen (secondary N) is 1. The van der Waals surface area contributed by atoms with Crippen LogP contribution in [0.2, 0.25) is 0 Å². The maximum atomic E-state index is 6.26. The predicted molar refractivity (Wildman–Crippen MR) is 156 cm³/mol. The molecule has 0 spiro atoms. The number of fused-ring (bicyclic) bond motifs is 3. The van der Waals surface area contributed by atoms with Crippen LogP contribution in [0.3, 0.4) is 0 Å². The fraction of sp³-hybridized carbons (Fsp3) is 0.500. The highest BCUT2D eigenvalue weighted by Crippen LogP contribution is 2.39. The molecule has 7 heteroatoms. The number of ether oxygens (including phenoxy) is 1. The molecule has 0 saturated carbocycles. The quantitative estimate of drug-likeness (QED) is 0.305. The largest absolute Gasteiger partial charge is 0.491 e. The summed E-state index contributed by atoms with van der Waals surface area (Å²) < 4.78 is 6.26. The Hall–Kier alpha value is -3.48. The first-order valence-electron chi connectivity index (χ1n) is 14.5. The molecule has 3 aromatic heterocycles. The minimum atomic E-state index is 0.257. The average molecular weight is 525 g/mol. The van der Waals surface area contributed by atoms with Crippen molar-refractivity contribution in [1.29, 1.82) is 0 Å². The van der Waals surface area contributed by atoms with Crippen molar-refractivity contribution in [1.82, 2.24) is 24.9 Å². The molecule has 6 rings (SSSR count). The number of benzene rings is 1. The lowest BCUT2D eigenvalue weighted by atomic mass is 9.76. The molecule has 0 amide bonds. The summed E-state index contributed by atoms with van der Waals surface area (Å²) in [6.07, 6.45) is 8.38. The van der Waals surface area contributed by atoms with Gasteiger partial charge in [-0.05, 0) is 67.7 Å². The standard InChI is InChI=1S/C32H40N6O/c1-6-20(2)7-10-29-36-26-11-12-32(4,5)17-25(26)31(37-29)38-13-14-39-28-9-8-22(15-24(28)19-38)23-16-27-30(33-18-23)35-21(3)34-27/h8-9,15-16,18,20H,6-7,10-14,17,19H2,1-5H3,(H,33,34,35)/t20-/m0/s1. The number of aromatic amines is 1. The molecule has 204 valence electrons. The first kappa shape index (κ1) is 25.8. The van der Waals surface area contributed by atoms with E-state index in [1.54, 1.807) is 0 Å². The molecule has 0 radical (unpaired) electrons. The van der Waals surface area contributed by atoms with Gasteiger partial charge in [0.05, 0.1) is 12.1 Å². The van der Waals surface area contributed by atoms with E-state index in [0.29, 0.717) is 12.5 Å². The number of nitrogens with zero attached hydrogens (tertiary/aromatic N) is 5. The molecule has 0 bridgehead atoms. The third-order valence-electron chi connectivity index (χ3n) is 8.50. The normalized spacial score (nSPS) is 17.3. The molecule has 1 aliphatic carbocycles. The van der Waals surface area contributed by atoms with Gasteiger partial charge in [-0.3, -0.25) is 0 Å². The van der Waals surface area contributed by atoms with Crippen LogP contribution in [-0.4, -0.2) is 38.1 Å². The van der Waals surface area contributed by atoms with Crippen LogP contribution in [0.15, 0.2) is 30.5 Å². The van der Waals surface area contributed by atoms with E-state index in [0.717, 1.165) is 84.3 Å². The second-order valence-electron chi connectivity index (χ2n) is 12.3. The highest BCUT2D eigenvalue weighted by molar-refractivity contribution is 5.78. The maximum Gasteiger partial charge on any atom is 0.177 e. The van der Waals surface area contributed by atoms with E-state index in [4.69, 9.17) is 14.7 Å². The smallest absolute Gasteiger partial charge is 0.177 e. The number of imidazole rings is 1. The fourth-order valence-corrected chi connectivity index (χ4v) is 5.86. The number of pyridine rings is 1. The van der Waals surface area contributed by atoms with Gasteiger partial charge in [0.15, 0.2) is 5.65 Å². The van der Waals surface area contributed by atoms with Crippen LogP contribution < -0.4 is 9.64 Å². The van der Waals surface area contributed by atoms with Gasteiger partial charge in [-0.2, -0.15) is 0 Å². The van der Waals surface area contributed by atoms with Gasteiger partial charge in [0.25, 0.3) is 0 Å². The molecule has 39 heavy (non-hydrogen) atoms. The molecular weight excluding hydrogens is 484 g/mol. The van der Waals surface area contributed by atoms with E-state index in [1.807, 2.05) is 13.1 Å². The van der Waals surface area contributed by atoms with Crippen molar-refractivity contribution in [2.75, 3.05) is 18.1 Å². The minimum Gasteiger partial charge on any atom is -0.491 e. The Labute approximate surface area is 231 Å². The van der Waals surface area contributed by atoms with Gasteiger partial charge in [-0.1, -0.05) is 40.2 Å². The van der Waals surface area contributed by atoms with Gasteiger partial charge >= 0.3 is 0 Å². The van der Waals surface area contributed by atoms with E-state index in [9.17, 15) is 0 Å².